The van der Waals surface area contributed by atoms with E-state index in [4.69, 9.17) is 9.47 Å². The fraction of sp³-hybridized carbons (Fsp3) is 0.500. The van der Waals surface area contributed by atoms with Gasteiger partial charge in [-0.2, -0.15) is 0 Å². The first kappa shape index (κ1) is 13.6. The van der Waals surface area contributed by atoms with Crippen LogP contribution in [0.1, 0.15) is 33.1 Å². The largest absolute Gasteiger partial charge is 0.494 e. The smallest absolute Gasteiger partial charge is 0.306 e. The predicted molar refractivity (Wildman–Crippen MR) is 67.0 cm³/mol. The van der Waals surface area contributed by atoms with Crippen LogP contribution in [0.5, 0.6) is 5.75 Å². The molecule has 17 heavy (non-hydrogen) atoms. The fourth-order valence-corrected chi connectivity index (χ4v) is 1.29. The molecule has 1 aromatic carbocycles. The van der Waals surface area contributed by atoms with E-state index in [2.05, 4.69) is 0 Å². The summed E-state index contributed by atoms with van der Waals surface area (Å²) in [5, 5.41) is 0. The van der Waals surface area contributed by atoms with Gasteiger partial charge in [0.1, 0.15) is 5.75 Å². The maximum atomic E-state index is 11.3. The lowest BCUT2D eigenvalue weighted by Crippen LogP contribution is -2.14. The van der Waals surface area contributed by atoms with Gasteiger partial charge >= 0.3 is 5.97 Å². The first-order valence-electron chi connectivity index (χ1n) is 6.09. The van der Waals surface area contributed by atoms with Crippen LogP contribution in [-0.4, -0.2) is 18.7 Å². The van der Waals surface area contributed by atoms with Crippen LogP contribution in [0, 0.1) is 0 Å². The summed E-state index contributed by atoms with van der Waals surface area (Å²) in [5.41, 5.74) is 0. The van der Waals surface area contributed by atoms with Gasteiger partial charge in [0, 0.05) is 6.42 Å². The Bertz CT molecular complexity index is 321. The zero-order chi connectivity index (χ0) is 12.5. The van der Waals surface area contributed by atoms with Crippen LogP contribution in [0.3, 0.4) is 0 Å². The second kappa shape index (κ2) is 7.71. The lowest BCUT2D eigenvalue weighted by atomic mass is 10.3. The molecule has 0 radical (unpaired) electrons. The van der Waals surface area contributed by atoms with Gasteiger partial charge in [-0.3, -0.25) is 4.79 Å². The van der Waals surface area contributed by atoms with E-state index in [9.17, 15) is 4.79 Å². The minimum absolute atomic E-state index is 0.0116. The predicted octanol–water partition coefficient (Wildman–Crippen LogP) is 3.19. The average Bonchev–Trinajstić information content (AvgIpc) is 2.36. The number of hydrogen-bond donors (Lipinski definition) is 0. The van der Waals surface area contributed by atoms with Crippen LogP contribution < -0.4 is 4.74 Å². The number of esters is 1. The molecule has 1 unspecified atom stereocenters. The van der Waals surface area contributed by atoms with Crippen molar-refractivity contribution in [3.8, 4) is 5.75 Å². The van der Waals surface area contributed by atoms with Gasteiger partial charge < -0.3 is 9.47 Å². The van der Waals surface area contributed by atoms with Crippen LogP contribution in [0.15, 0.2) is 30.3 Å². The van der Waals surface area contributed by atoms with E-state index in [-0.39, 0.29) is 12.1 Å². The number of carbonyl (C=O) groups is 1. The Morgan fingerprint density at radius 3 is 2.65 bits per heavy atom. The van der Waals surface area contributed by atoms with Crippen LogP contribution in [0.25, 0.3) is 0 Å². The van der Waals surface area contributed by atoms with Gasteiger partial charge in [0.25, 0.3) is 0 Å². The molecule has 0 bridgehead atoms. The molecule has 0 aliphatic heterocycles. The Morgan fingerprint density at radius 1 is 1.29 bits per heavy atom. The molecule has 0 fully saturated rings. The molecule has 1 aromatic rings. The van der Waals surface area contributed by atoms with Crippen molar-refractivity contribution in [1.82, 2.24) is 0 Å². The Kier molecular flexibility index (Phi) is 6.15. The van der Waals surface area contributed by atoms with Crippen molar-refractivity contribution >= 4 is 5.97 Å². The maximum Gasteiger partial charge on any atom is 0.306 e. The number of para-hydroxylation sites is 1. The first-order chi connectivity index (χ1) is 8.22. The molecular formula is C14H20O3. The van der Waals surface area contributed by atoms with E-state index in [1.165, 1.54) is 0 Å². The van der Waals surface area contributed by atoms with Crippen molar-refractivity contribution in [1.29, 1.82) is 0 Å². The average molecular weight is 236 g/mol. The van der Waals surface area contributed by atoms with E-state index >= 15 is 0 Å². The van der Waals surface area contributed by atoms with Gasteiger partial charge in [0.2, 0.25) is 0 Å². The molecule has 1 atom stereocenters. The Morgan fingerprint density at radius 2 is 2.00 bits per heavy atom. The molecule has 0 saturated heterocycles. The van der Waals surface area contributed by atoms with Crippen LogP contribution >= 0.6 is 0 Å². The van der Waals surface area contributed by atoms with Crippen LogP contribution in [0.4, 0.5) is 0 Å². The molecule has 3 nitrogen and oxygen atoms in total. The standard InChI is InChI=1S/C14H20O3/c1-3-12(2)17-14(15)10-7-11-16-13-8-5-4-6-9-13/h4-6,8-9,12H,3,7,10-11H2,1-2H3. The monoisotopic (exact) mass is 236 g/mol. The van der Waals surface area contributed by atoms with Crippen molar-refractivity contribution < 1.29 is 14.3 Å². The summed E-state index contributed by atoms with van der Waals surface area (Å²) in [6.45, 7) is 4.44. The summed E-state index contributed by atoms with van der Waals surface area (Å²) in [5.74, 6) is 0.693. The minimum Gasteiger partial charge on any atom is -0.494 e. The van der Waals surface area contributed by atoms with E-state index < -0.39 is 0 Å². The first-order valence-corrected chi connectivity index (χ1v) is 6.09. The Hall–Kier alpha value is -1.51. The van der Waals surface area contributed by atoms with Gasteiger partial charge in [0.05, 0.1) is 12.7 Å². The molecule has 1 rings (SSSR count). The zero-order valence-electron chi connectivity index (χ0n) is 10.5. The molecule has 0 heterocycles. The molecule has 0 aliphatic rings. The van der Waals surface area contributed by atoms with Crippen LogP contribution in [0.2, 0.25) is 0 Å². The topological polar surface area (TPSA) is 35.5 Å². The van der Waals surface area contributed by atoms with Crippen molar-refractivity contribution in [3.63, 3.8) is 0 Å². The number of ether oxygens (including phenoxy) is 2. The van der Waals surface area contributed by atoms with Gasteiger partial charge in [-0.1, -0.05) is 25.1 Å². The van der Waals surface area contributed by atoms with E-state index in [1.54, 1.807) is 0 Å². The quantitative estimate of drug-likeness (QED) is 0.538. The third-order valence-electron chi connectivity index (χ3n) is 2.44. The summed E-state index contributed by atoms with van der Waals surface area (Å²) >= 11 is 0. The van der Waals surface area contributed by atoms with Gasteiger partial charge in [-0.05, 0) is 31.9 Å². The van der Waals surface area contributed by atoms with Crippen molar-refractivity contribution in [2.75, 3.05) is 6.61 Å². The van der Waals surface area contributed by atoms with E-state index in [0.29, 0.717) is 19.4 Å². The van der Waals surface area contributed by atoms with Crippen molar-refractivity contribution in [2.45, 2.75) is 39.2 Å². The summed E-state index contributed by atoms with van der Waals surface area (Å²) in [6, 6.07) is 9.59. The highest BCUT2D eigenvalue weighted by Crippen LogP contribution is 2.09. The number of hydrogen-bond acceptors (Lipinski definition) is 3. The van der Waals surface area contributed by atoms with E-state index in [1.807, 2.05) is 44.2 Å². The zero-order valence-corrected chi connectivity index (χ0v) is 10.5. The van der Waals surface area contributed by atoms with Crippen LogP contribution in [-0.2, 0) is 9.53 Å². The fourth-order valence-electron chi connectivity index (χ4n) is 1.29. The highest BCUT2D eigenvalue weighted by molar-refractivity contribution is 5.69. The lowest BCUT2D eigenvalue weighted by Gasteiger charge is -2.10. The van der Waals surface area contributed by atoms with Crippen molar-refractivity contribution in [3.05, 3.63) is 30.3 Å². The van der Waals surface area contributed by atoms with Crippen molar-refractivity contribution in [2.24, 2.45) is 0 Å². The molecule has 94 valence electrons. The Balaban J connectivity index is 2.10. The number of carbonyl (C=O) groups excluding carboxylic acids is 1. The van der Waals surface area contributed by atoms with Gasteiger partial charge in [0.15, 0.2) is 0 Å². The SMILES string of the molecule is CCC(C)OC(=O)CCCOc1ccccc1. The summed E-state index contributed by atoms with van der Waals surface area (Å²) in [4.78, 5) is 11.3. The Labute approximate surface area is 103 Å². The molecule has 0 aromatic heterocycles. The maximum absolute atomic E-state index is 11.3. The normalized spacial score (nSPS) is 11.9. The third-order valence-corrected chi connectivity index (χ3v) is 2.44. The summed E-state index contributed by atoms with van der Waals surface area (Å²) < 4.78 is 10.6. The van der Waals surface area contributed by atoms with Gasteiger partial charge in [-0.15, -0.1) is 0 Å². The minimum atomic E-state index is -0.143. The molecule has 0 spiro atoms. The third kappa shape index (κ3) is 5.95. The van der Waals surface area contributed by atoms with E-state index in [0.717, 1.165) is 12.2 Å². The summed E-state index contributed by atoms with van der Waals surface area (Å²) in [6.07, 6.45) is 1.96. The summed E-state index contributed by atoms with van der Waals surface area (Å²) in [7, 11) is 0. The molecule has 0 saturated carbocycles. The molecule has 0 aliphatic carbocycles. The number of benzene rings is 1. The van der Waals surface area contributed by atoms with Gasteiger partial charge in [-0.25, -0.2) is 0 Å². The lowest BCUT2D eigenvalue weighted by molar-refractivity contribution is -0.148. The molecule has 0 amide bonds. The number of rotatable bonds is 7. The highest BCUT2D eigenvalue weighted by Gasteiger charge is 2.07. The molecule has 0 N–H and O–H groups in total. The second-order valence-electron chi connectivity index (χ2n) is 3.97. The highest BCUT2D eigenvalue weighted by atomic mass is 16.5. The molecule has 3 heteroatoms. The second-order valence-corrected chi connectivity index (χ2v) is 3.97. The molecular weight excluding hydrogens is 216 g/mol.